The molecule has 148 valence electrons. The Morgan fingerprint density at radius 3 is 2.89 bits per heavy atom. The van der Waals surface area contributed by atoms with Crippen LogP contribution in [0.15, 0.2) is 36.7 Å². The Kier molecular flexibility index (Phi) is 5.48. The molecule has 1 fully saturated rings. The average molecular weight is 380 g/mol. The van der Waals surface area contributed by atoms with Crippen molar-refractivity contribution in [3.8, 4) is 0 Å². The Bertz CT molecular complexity index is 951. The molecule has 0 aliphatic carbocycles. The summed E-state index contributed by atoms with van der Waals surface area (Å²) in [6.07, 6.45) is 7.05. The van der Waals surface area contributed by atoms with E-state index < -0.39 is 0 Å². The van der Waals surface area contributed by atoms with Gasteiger partial charge in [0.1, 0.15) is 12.4 Å². The minimum absolute atomic E-state index is 0.141. The van der Waals surface area contributed by atoms with Crippen LogP contribution in [0.3, 0.4) is 0 Å². The molecule has 1 aliphatic rings. The first kappa shape index (κ1) is 18.7. The fourth-order valence-corrected chi connectivity index (χ4v) is 4.16. The first-order chi connectivity index (χ1) is 13.7. The Labute approximate surface area is 165 Å². The summed E-state index contributed by atoms with van der Waals surface area (Å²) in [6.45, 7) is 5.27. The number of methoxy groups -OCH3 is 1. The maximum Gasteiger partial charge on any atom is 0.253 e. The number of aromatic amines is 1. The van der Waals surface area contributed by atoms with Gasteiger partial charge in [0.15, 0.2) is 0 Å². The summed E-state index contributed by atoms with van der Waals surface area (Å²) in [6, 6.07) is 7.93. The van der Waals surface area contributed by atoms with Gasteiger partial charge in [-0.2, -0.15) is 0 Å². The van der Waals surface area contributed by atoms with E-state index in [9.17, 15) is 4.79 Å². The van der Waals surface area contributed by atoms with Crippen molar-refractivity contribution in [3.63, 3.8) is 0 Å². The molecule has 1 amide bonds. The molecule has 1 aromatic carbocycles. The molecule has 6 nitrogen and oxygen atoms in total. The summed E-state index contributed by atoms with van der Waals surface area (Å²) in [7, 11) is 1.70. The van der Waals surface area contributed by atoms with Gasteiger partial charge in [-0.15, -0.1) is 0 Å². The normalized spacial score (nSPS) is 15.4. The molecule has 1 N–H and O–H groups in total. The lowest BCUT2D eigenvalue weighted by atomic mass is 9.93. The number of likely N-dealkylation sites (tertiary alicyclic amines) is 1. The molecule has 3 aromatic rings. The third kappa shape index (κ3) is 3.83. The maximum atomic E-state index is 12.9. The van der Waals surface area contributed by atoms with E-state index in [4.69, 9.17) is 4.74 Å². The van der Waals surface area contributed by atoms with Crippen molar-refractivity contribution in [1.29, 1.82) is 0 Å². The van der Waals surface area contributed by atoms with Gasteiger partial charge in [0, 0.05) is 55.9 Å². The second-order valence-corrected chi connectivity index (χ2v) is 7.70. The largest absolute Gasteiger partial charge is 0.377 e. The molecule has 6 heteroatoms. The molecule has 0 atom stereocenters. The van der Waals surface area contributed by atoms with E-state index in [0.29, 0.717) is 12.5 Å². The van der Waals surface area contributed by atoms with E-state index in [1.165, 1.54) is 5.69 Å². The second-order valence-electron chi connectivity index (χ2n) is 7.70. The van der Waals surface area contributed by atoms with Crippen LogP contribution in [0.25, 0.3) is 10.9 Å². The van der Waals surface area contributed by atoms with Crippen LogP contribution in [-0.2, 0) is 17.9 Å². The van der Waals surface area contributed by atoms with Crippen molar-refractivity contribution in [1.82, 2.24) is 19.4 Å². The number of piperidine rings is 1. The topological polar surface area (TPSA) is 63.1 Å². The van der Waals surface area contributed by atoms with Crippen LogP contribution in [-0.4, -0.2) is 45.5 Å². The molecule has 0 radical (unpaired) electrons. The average Bonchev–Trinajstić information content (AvgIpc) is 3.32. The predicted molar refractivity (Wildman–Crippen MR) is 109 cm³/mol. The number of nitrogens with zero attached hydrogens (tertiary/aromatic N) is 3. The van der Waals surface area contributed by atoms with Crippen molar-refractivity contribution in [2.75, 3.05) is 20.2 Å². The van der Waals surface area contributed by atoms with Crippen molar-refractivity contribution in [2.24, 2.45) is 5.92 Å². The molecule has 3 heterocycles. The van der Waals surface area contributed by atoms with Crippen LogP contribution in [0.2, 0.25) is 0 Å². The van der Waals surface area contributed by atoms with Crippen molar-refractivity contribution in [3.05, 3.63) is 53.7 Å². The summed E-state index contributed by atoms with van der Waals surface area (Å²) in [5.74, 6) is 1.78. The lowest BCUT2D eigenvalue weighted by Gasteiger charge is -2.32. The fraction of sp³-hybridized carbons (Fsp3) is 0.455. The van der Waals surface area contributed by atoms with E-state index in [1.54, 1.807) is 7.11 Å². The molecule has 1 aliphatic heterocycles. The highest BCUT2D eigenvalue weighted by Gasteiger charge is 2.24. The zero-order valence-electron chi connectivity index (χ0n) is 16.6. The van der Waals surface area contributed by atoms with E-state index >= 15 is 0 Å². The van der Waals surface area contributed by atoms with E-state index in [1.807, 2.05) is 41.6 Å². The number of rotatable bonds is 6. The van der Waals surface area contributed by atoms with E-state index in [0.717, 1.165) is 61.2 Å². The number of imidazole rings is 1. The zero-order valence-corrected chi connectivity index (χ0v) is 16.6. The predicted octanol–water partition coefficient (Wildman–Crippen LogP) is 3.76. The van der Waals surface area contributed by atoms with Crippen LogP contribution < -0.4 is 0 Å². The number of hydrogen-bond acceptors (Lipinski definition) is 3. The van der Waals surface area contributed by atoms with Crippen LogP contribution in [0.1, 0.15) is 41.1 Å². The Hall–Kier alpha value is -2.60. The van der Waals surface area contributed by atoms with E-state index in [2.05, 4.69) is 21.5 Å². The van der Waals surface area contributed by atoms with Gasteiger partial charge in [0.2, 0.25) is 0 Å². The molecule has 0 saturated carbocycles. The Morgan fingerprint density at radius 2 is 2.11 bits per heavy atom. The standard InChI is InChI=1S/C22H28N4O2/c1-16-14-24-21(15-28-2)26(16)12-8-17-6-10-25(11-7-17)22(27)19-4-3-18-5-9-23-20(18)13-19/h3-5,9,13-14,17,23H,6-8,10-12,15H2,1-2H3. The smallest absolute Gasteiger partial charge is 0.253 e. The monoisotopic (exact) mass is 380 g/mol. The fourth-order valence-electron chi connectivity index (χ4n) is 4.16. The maximum absolute atomic E-state index is 12.9. The zero-order chi connectivity index (χ0) is 19.5. The van der Waals surface area contributed by atoms with Crippen LogP contribution in [0, 0.1) is 12.8 Å². The Morgan fingerprint density at radius 1 is 1.29 bits per heavy atom. The number of H-pyrrole nitrogens is 1. The lowest BCUT2D eigenvalue weighted by molar-refractivity contribution is 0.0684. The molecule has 4 rings (SSSR count). The highest BCUT2D eigenvalue weighted by atomic mass is 16.5. The number of aromatic nitrogens is 3. The molecule has 1 saturated heterocycles. The molecule has 0 spiro atoms. The van der Waals surface area contributed by atoms with Gasteiger partial charge in [0.25, 0.3) is 5.91 Å². The Balaban J connectivity index is 1.32. The minimum Gasteiger partial charge on any atom is -0.377 e. The number of hydrogen-bond donors (Lipinski definition) is 1. The van der Waals surface area contributed by atoms with Crippen LogP contribution in [0.5, 0.6) is 0 Å². The molecule has 28 heavy (non-hydrogen) atoms. The lowest BCUT2D eigenvalue weighted by Crippen LogP contribution is -2.38. The summed E-state index contributed by atoms with van der Waals surface area (Å²) in [4.78, 5) is 22.5. The van der Waals surface area contributed by atoms with Gasteiger partial charge in [-0.25, -0.2) is 4.98 Å². The third-order valence-corrected chi connectivity index (χ3v) is 5.88. The molecular weight excluding hydrogens is 352 g/mol. The second kappa shape index (κ2) is 8.19. The summed E-state index contributed by atoms with van der Waals surface area (Å²) in [5.41, 5.74) is 2.97. The first-order valence-corrected chi connectivity index (χ1v) is 10.0. The van der Waals surface area contributed by atoms with Crippen LogP contribution >= 0.6 is 0 Å². The number of carbonyl (C=O) groups is 1. The van der Waals surface area contributed by atoms with Crippen LogP contribution in [0.4, 0.5) is 0 Å². The third-order valence-electron chi connectivity index (χ3n) is 5.88. The van der Waals surface area contributed by atoms with Gasteiger partial charge in [0.05, 0.1) is 0 Å². The number of ether oxygens (including phenoxy) is 1. The van der Waals surface area contributed by atoms with Crippen molar-refractivity contribution in [2.45, 2.75) is 39.3 Å². The quantitative estimate of drug-likeness (QED) is 0.708. The van der Waals surface area contributed by atoms with E-state index in [-0.39, 0.29) is 5.91 Å². The number of benzene rings is 1. The number of fused-ring (bicyclic) bond motifs is 1. The highest BCUT2D eigenvalue weighted by Crippen LogP contribution is 2.24. The van der Waals surface area contributed by atoms with Gasteiger partial charge in [-0.3, -0.25) is 4.79 Å². The number of aryl methyl sites for hydroxylation is 1. The molecule has 0 unspecified atom stereocenters. The molecular formula is C22H28N4O2. The number of nitrogens with one attached hydrogen (secondary N) is 1. The number of amides is 1. The summed E-state index contributed by atoms with van der Waals surface area (Å²) >= 11 is 0. The summed E-state index contributed by atoms with van der Waals surface area (Å²) in [5, 5.41) is 1.14. The molecule has 0 bridgehead atoms. The van der Waals surface area contributed by atoms with Crippen molar-refractivity contribution >= 4 is 16.8 Å². The SMILES string of the molecule is COCc1ncc(C)n1CCC1CCN(C(=O)c2ccc3cc[nH]c3c2)CC1. The summed E-state index contributed by atoms with van der Waals surface area (Å²) < 4.78 is 7.50. The molecule has 2 aromatic heterocycles. The minimum atomic E-state index is 0.141. The van der Waals surface area contributed by atoms with Gasteiger partial charge in [-0.05, 0) is 55.7 Å². The first-order valence-electron chi connectivity index (χ1n) is 10.0. The van der Waals surface area contributed by atoms with Gasteiger partial charge in [-0.1, -0.05) is 6.07 Å². The van der Waals surface area contributed by atoms with Gasteiger partial charge >= 0.3 is 0 Å². The number of carbonyl (C=O) groups excluding carboxylic acids is 1. The van der Waals surface area contributed by atoms with Crippen molar-refractivity contribution < 1.29 is 9.53 Å². The highest BCUT2D eigenvalue weighted by molar-refractivity contribution is 5.97. The van der Waals surface area contributed by atoms with Gasteiger partial charge < -0.3 is 19.2 Å².